The van der Waals surface area contributed by atoms with Crippen molar-refractivity contribution >= 4 is 65.2 Å². The Balaban J connectivity index is 1.30. The minimum absolute atomic E-state index is 0.904. The summed E-state index contributed by atoms with van der Waals surface area (Å²) in [4.78, 5) is 19.1. The van der Waals surface area contributed by atoms with E-state index >= 15 is 0 Å². The Morgan fingerprint density at radius 2 is 0.729 bits per heavy atom. The van der Waals surface area contributed by atoms with Crippen LogP contribution < -0.4 is 0 Å². The summed E-state index contributed by atoms with van der Waals surface area (Å²) in [7, 11) is 0. The molecule has 6 aromatic carbocycles. The highest BCUT2D eigenvalue weighted by Crippen LogP contribution is 2.41. The molecule has 0 spiro atoms. The molecule has 10 aromatic rings. The molecule has 222 valence electrons. The van der Waals surface area contributed by atoms with Gasteiger partial charge in [0.2, 0.25) is 0 Å². The largest absolute Gasteiger partial charge is 0.254 e. The quantitative estimate of drug-likeness (QED) is 0.187. The summed E-state index contributed by atoms with van der Waals surface area (Å²) in [5.41, 5.74) is 10.4. The lowest BCUT2D eigenvalue weighted by Crippen LogP contribution is -1.92. The van der Waals surface area contributed by atoms with Gasteiger partial charge in [0.25, 0.3) is 0 Å². The predicted molar refractivity (Wildman–Crippen MR) is 199 cm³/mol. The Hall–Kier alpha value is -6.52. The fraction of sp³-hybridized carbons (Fsp3) is 0. The monoisotopic (exact) mass is 610 g/mol. The lowest BCUT2D eigenvalue weighted by atomic mass is 9.89. The number of aromatic nitrogens is 4. The first kappa shape index (κ1) is 26.7. The van der Waals surface area contributed by atoms with Gasteiger partial charge in [-0.2, -0.15) is 0 Å². The van der Waals surface area contributed by atoms with E-state index in [0.29, 0.717) is 0 Å². The smallest absolute Gasteiger partial charge is 0.0970 e. The molecule has 0 N–H and O–H groups in total. The van der Waals surface area contributed by atoms with E-state index in [2.05, 4.69) is 109 Å². The molecule has 0 unspecified atom stereocenters. The molecule has 10 rings (SSSR count). The normalized spacial score (nSPS) is 11.8. The number of rotatable bonds is 3. The number of fused-ring (bicyclic) bond motifs is 9. The Bertz CT molecular complexity index is 2770. The molecule has 0 saturated heterocycles. The first-order valence-corrected chi connectivity index (χ1v) is 16.1. The van der Waals surface area contributed by atoms with E-state index in [0.717, 1.165) is 77.0 Å². The predicted octanol–water partition coefficient (Wildman–Crippen LogP) is 11.2. The topological polar surface area (TPSA) is 51.6 Å². The summed E-state index contributed by atoms with van der Waals surface area (Å²) >= 11 is 0. The highest BCUT2D eigenvalue weighted by Gasteiger charge is 2.16. The highest BCUT2D eigenvalue weighted by atomic mass is 14.7. The van der Waals surface area contributed by atoms with E-state index in [4.69, 9.17) is 19.9 Å². The lowest BCUT2D eigenvalue weighted by Gasteiger charge is -2.16. The van der Waals surface area contributed by atoms with Crippen LogP contribution in [0.4, 0.5) is 0 Å². The summed E-state index contributed by atoms with van der Waals surface area (Å²) in [6.07, 6.45) is 7.38. The van der Waals surface area contributed by atoms with Gasteiger partial charge < -0.3 is 0 Å². The summed E-state index contributed by atoms with van der Waals surface area (Å²) in [5, 5.41) is 9.25. The van der Waals surface area contributed by atoms with Gasteiger partial charge in [-0.25, -0.2) is 0 Å². The molecular weight excluding hydrogens is 585 g/mol. The van der Waals surface area contributed by atoms with Gasteiger partial charge in [-0.3, -0.25) is 19.9 Å². The van der Waals surface area contributed by atoms with E-state index in [9.17, 15) is 0 Å². The molecule has 0 aliphatic carbocycles. The lowest BCUT2D eigenvalue weighted by molar-refractivity contribution is 1.37. The molecule has 4 nitrogen and oxygen atoms in total. The maximum atomic E-state index is 4.82. The van der Waals surface area contributed by atoms with Crippen molar-refractivity contribution in [2.24, 2.45) is 0 Å². The number of benzene rings is 6. The van der Waals surface area contributed by atoms with Crippen molar-refractivity contribution < 1.29 is 0 Å². The number of hydrogen-bond acceptors (Lipinski definition) is 4. The Kier molecular flexibility index (Phi) is 5.84. The van der Waals surface area contributed by atoms with Crippen LogP contribution in [0.2, 0.25) is 0 Å². The van der Waals surface area contributed by atoms with Crippen LogP contribution in [0.25, 0.3) is 98.5 Å². The molecule has 0 saturated carbocycles. The highest BCUT2D eigenvalue weighted by molar-refractivity contribution is 6.13. The minimum atomic E-state index is 0.904. The third-order valence-electron chi connectivity index (χ3n) is 9.56. The molecule has 0 atom stereocenters. The maximum Gasteiger partial charge on any atom is 0.0970 e. The van der Waals surface area contributed by atoms with E-state index in [1.165, 1.54) is 21.5 Å². The van der Waals surface area contributed by atoms with Gasteiger partial charge in [0.15, 0.2) is 0 Å². The third-order valence-corrected chi connectivity index (χ3v) is 9.56. The second-order valence-corrected chi connectivity index (χ2v) is 12.3. The molecule has 0 radical (unpaired) electrons. The van der Waals surface area contributed by atoms with Crippen LogP contribution in [0.3, 0.4) is 0 Å². The second-order valence-electron chi connectivity index (χ2n) is 12.3. The fourth-order valence-corrected chi connectivity index (χ4v) is 7.32. The summed E-state index contributed by atoms with van der Waals surface area (Å²) < 4.78 is 0. The van der Waals surface area contributed by atoms with Crippen LogP contribution >= 0.6 is 0 Å². The number of hydrogen-bond donors (Lipinski definition) is 0. The molecule has 0 aliphatic heterocycles. The SMILES string of the molecule is c1ccc2c(c1)ccc1ccc(-c3cc(-c4cc5cccnc5c5ncccc45)cc(-c4cc5cccnc5c5ncccc45)c3)cc12. The molecule has 48 heavy (non-hydrogen) atoms. The zero-order valence-corrected chi connectivity index (χ0v) is 25.8. The van der Waals surface area contributed by atoms with Gasteiger partial charge in [-0.15, -0.1) is 0 Å². The zero-order chi connectivity index (χ0) is 31.6. The fourth-order valence-electron chi connectivity index (χ4n) is 7.32. The molecule has 0 aliphatic rings. The zero-order valence-electron chi connectivity index (χ0n) is 25.8. The number of pyridine rings is 4. The number of nitrogens with zero attached hydrogens (tertiary/aromatic N) is 4. The Morgan fingerprint density at radius 3 is 1.35 bits per heavy atom. The first-order valence-electron chi connectivity index (χ1n) is 16.1. The average Bonchev–Trinajstić information content (AvgIpc) is 3.17. The van der Waals surface area contributed by atoms with Gasteiger partial charge in [0.1, 0.15) is 0 Å². The standard InChI is InChI=1S/C44H26N4/c1-2-10-35-27(7-1)13-14-28-15-16-29(24-38(28)35)32-21-33(39-25-30-8-3-17-45-41(30)43-36(39)11-5-19-47-43)23-34(22-32)40-26-31-9-4-18-46-42(31)44-37(40)12-6-20-48-44/h1-26H. The van der Waals surface area contributed by atoms with Gasteiger partial charge in [0, 0.05) is 46.3 Å². The Labute approximate surface area is 276 Å². The maximum absolute atomic E-state index is 4.82. The Morgan fingerprint density at radius 1 is 0.271 bits per heavy atom. The molecule has 0 bridgehead atoms. The van der Waals surface area contributed by atoms with E-state index in [1.807, 2.05) is 49.1 Å². The second kappa shape index (κ2) is 10.5. The van der Waals surface area contributed by atoms with E-state index in [-0.39, 0.29) is 0 Å². The van der Waals surface area contributed by atoms with Gasteiger partial charge in [-0.1, -0.05) is 72.8 Å². The van der Waals surface area contributed by atoms with Crippen molar-refractivity contribution in [3.63, 3.8) is 0 Å². The third kappa shape index (κ3) is 4.16. The molecule has 4 heterocycles. The van der Waals surface area contributed by atoms with Crippen molar-refractivity contribution in [1.82, 2.24) is 19.9 Å². The van der Waals surface area contributed by atoms with Gasteiger partial charge >= 0.3 is 0 Å². The van der Waals surface area contributed by atoms with Crippen LogP contribution in [0, 0.1) is 0 Å². The van der Waals surface area contributed by atoms with E-state index < -0.39 is 0 Å². The molecule has 0 amide bonds. The van der Waals surface area contributed by atoms with Crippen LogP contribution in [0.5, 0.6) is 0 Å². The molecular formula is C44H26N4. The van der Waals surface area contributed by atoms with E-state index in [1.54, 1.807) is 0 Å². The average molecular weight is 611 g/mol. The summed E-state index contributed by atoms with van der Waals surface area (Å²) in [6.45, 7) is 0. The van der Waals surface area contributed by atoms with Crippen molar-refractivity contribution in [3.05, 3.63) is 158 Å². The van der Waals surface area contributed by atoms with Gasteiger partial charge in [0.05, 0.1) is 22.1 Å². The molecule has 4 aromatic heterocycles. The molecule has 0 fully saturated rings. The first-order chi connectivity index (χ1) is 23.8. The van der Waals surface area contributed by atoms with Crippen molar-refractivity contribution in [3.8, 4) is 33.4 Å². The molecule has 4 heteroatoms. The van der Waals surface area contributed by atoms with Crippen molar-refractivity contribution in [1.29, 1.82) is 0 Å². The van der Waals surface area contributed by atoms with Gasteiger partial charge in [-0.05, 0) is 116 Å². The van der Waals surface area contributed by atoms with Crippen molar-refractivity contribution in [2.45, 2.75) is 0 Å². The van der Waals surface area contributed by atoms with Crippen LogP contribution in [-0.4, -0.2) is 19.9 Å². The van der Waals surface area contributed by atoms with Crippen LogP contribution in [0.1, 0.15) is 0 Å². The van der Waals surface area contributed by atoms with Crippen LogP contribution in [-0.2, 0) is 0 Å². The summed E-state index contributed by atoms with van der Waals surface area (Å²) in [5.74, 6) is 0. The summed E-state index contributed by atoms with van der Waals surface area (Å²) in [6, 6.07) is 47.9. The van der Waals surface area contributed by atoms with Crippen LogP contribution in [0.15, 0.2) is 158 Å². The minimum Gasteiger partial charge on any atom is -0.254 e. The van der Waals surface area contributed by atoms with Crippen molar-refractivity contribution in [2.75, 3.05) is 0 Å².